The Morgan fingerprint density at radius 2 is 1.94 bits per heavy atom. The fraction of sp³-hybridized carbons (Fsp3) is 0.923. The van der Waals surface area contributed by atoms with Crippen molar-refractivity contribution < 1.29 is 9.53 Å². The van der Waals surface area contributed by atoms with Crippen LogP contribution in [0.1, 0.15) is 41.0 Å². The number of carbonyl (C=O) groups is 1. The predicted molar refractivity (Wildman–Crippen MR) is 71.2 cm³/mol. The van der Waals surface area contributed by atoms with Gasteiger partial charge in [0, 0.05) is 13.1 Å². The highest BCUT2D eigenvalue weighted by atomic mass is 16.6. The lowest BCUT2D eigenvalue weighted by atomic mass is 10.2. The van der Waals surface area contributed by atoms with Crippen molar-refractivity contribution in [2.45, 2.75) is 46.6 Å². The lowest BCUT2D eigenvalue weighted by Gasteiger charge is -2.28. The third-order valence-corrected chi connectivity index (χ3v) is 2.09. The third kappa shape index (κ3) is 8.98. The van der Waals surface area contributed by atoms with E-state index < -0.39 is 5.60 Å². The summed E-state index contributed by atoms with van der Waals surface area (Å²) in [7, 11) is 1.92. The standard InChI is InChI=1S/C13H28N2O2/c1-11(2)10-15(9-7-8-14-6)12(16)17-13(3,4)5/h11,14H,7-10H2,1-6H3. The van der Waals surface area contributed by atoms with E-state index in [0.717, 1.165) is 26.1 Å². The van der Waals surface area contributed by atoms with Crippen LogP contribution >= 0.6 is 0 Å². The minimum absolute atomic E-state index is 0.206. The fourth-order valence-electron chi connectivity index (χ4n) is 1.47. The summed E-state index contributed by atoms with van der Waals surface area (Å²) < 4.78 is 5.40. The van der Waals surface area contributed by atoms with Crippen LogP contribution in [0.4, 0.5) is 4.79 Å². The Morgan fingerprint density at radius 3 is 2.35 bits per heavy atom. The molecule has 0 aliphatic rings. The second-order valence-electron chi connectivity index (χ2n) is 5.78. The van der Waals surface area contributed by atoms with Gasteiger partial charge in [-0.1, -0.05) is 13.8 Å². The molecule has 4 heteroatoms. The summed E-state index contributed by atoms with van der Waals surface area (Å²) in [5.74, 6) is 0.456. The second kappa shape index (κ2) is 7.54. The van der Waals surface area contributed by atoms with Crippen LogP contribution in [-0.4, -0.2) is 43.3 Å². The molecule has 0 radical (unpaired) electrons. The highest BCUT2D eigenvalue weighted by molar-refractivity contribution is 5.68. The summed E-state index contributed by atoms with van der Waals surface area (Å²) >= 11 is 0. The molecule has 0 spiro atoms. The van der Waals surface area contributed by atoms with Crippen LogP contribution < -0.4 is 5.32 Å². The maximum absolute atomic E-state index is 12.0. The van der Waals surface area contributed by atoms with E-state index in [1.54, 1.807) is 4.90 Å². The van der Waals surface area contributed by atoms with E-state index in [9.17, 15) is 4.79 Å². The molecule has 0 saturated carbocycles. The van der Waals surface area contributed by atoms with Crippen LogP contribution in [0.15, 0.2) is 0 Å². The molecule has 0 aliphatic carbocycles. The van der Waals surface area contributed by atoms with Crippen molar-refractivity contribution in [1.29, 1.82) is 0 Å². The van der Waals surface area contributed by atoms with Crippen molar-refractivity contribution in [1.82, 2.24) is 10.2 Å². The number of nitrogens with zero attached hydrogens (tertiary/aromatic N) is 1. The zero-order valence-corrected chi connectivity index (χ0v) is 12.2. The van der Waals surface area contributed by atoms with Crippen LogP contribution in [0, 0.1) is 5.92 Å². The van der Waals surface area contributed by atoms with Crippen molar-refractivity contribution >= 4 is 6.09 Å². The Morgan fingerprint density at radius 1 is 1.35 bits per heavy atom. The smallest absolute Gasteiger partial charge is 0.410 e. The van der Waals surface area contributed by atoms with Crippen LogP contribution in [0.25, 0.3) is 0 Å². The molecule has 0 unspecified atom stereocenters. The minimum atomic E-state index is -0.421. The number of amides is 1. The van der Waals surface area contributed by atoms with Gasteiger partial charge in [0.25, 0.3) is 0 Å². The first-order chi connectivity index (χ1) is 7.76. The number of hydrogen-bond acceptors (Lipinski definition) is 3. The second-order valence-corrected chi connectivity index (χ2v) is 5.78. The van der Waals surface area contributed by atoms with Crippen molar-refractivity contribution in [3.63, 3.8) is 0 Å². The summed E-state index contributed by atoms with van der Waals surface area (Å²) in [5, 5.41) is 3.08. The van der Waals surface area contributed by atoms with Crippen molar-refractivity contribution in [2.75, 3.05) is 26.7 Å². The van der Waals surface area contributed by atoms with E-state index in [4.69, 9.17) is 4.74 Å². The van der Waals surface area contributed by atoms with Gasteiger partial charge in [-0.3, -0.25) is 0 Å². The monoisotopic (exact) mass is 244 g/mol. The van der Waals surface area contributed by atoms with Gasteiger partial charge >= 0.3 is 6.09 Å². The molecule has 17 heavy (non-hydrogen) atoms. The van der Waals surface area contributed by atoms with E-state index in [1.165, 1.54) is 0 Å². The fourth-order valence-corrected chi connectivity index (χ4v) is 1.47. The first-order valence-corrected chi connectivity index (χ1v) is 6.38. The molecule has 1 amide bonds. The van der Waals surface area contributed by atoms with Gasteiger partial charge in [0.2, 0.25) is 0 Å². The summed E-state index contributed by atoms with van der Waals surface area (Å²) in [4.78, 5) is 13.8. The average Bonchev–Trinajstić information content (AvgIpc) is 2.13. The first-order valence-electron chi connectivity index (χ1n) is 6.38. The van der Waals surface area contributed by atoms with E-state index in [1.807, 2.05) is 27.8 Å². The Bertz CT molecular complexity index is 222. The number of nitrogens with one attached hydrogen (secondary N) is 1. The SMILES string of the molecule is CNCCCN(CC(C)C)C(=O)OC(C)(C)C. The molecule has 0 atom stereocenters. The van der Waals surface area contributed by atoms with Gasteiger partial charge in [0.1, 0.15) is 5.60 Å². The van der Waals surface area contributed by atoms with E-state index >= 15 is 0 Å². The van der Waals surface area contributed by atoms with Crippen LogP contribution in [-0.2, 0) is 4.74 Å². The number of carbonyl (C=O) groups excluding carboxylic acids is 1. The number of ether oxygens (including phenoxy) is 1. The molecule has 4 nitrogen and oxygen atoms in total. The minimum Gasteiger partial charge on any atom is -0.444 e. The Hall–Kier alpha value is -0.770. The predicted octanol–water partition coefficient (Wildman–Crippen LogP) is 2.49. The van der Waals surface area contributed by atoms with E-state index in [2.05, 4.69) is 19.2 Å². The van der Waals surface area contributed by atoms with Gasteiger partial charge in [0.05, 0.1) is 0 Å². The molecule has 0 aliphatic heterocycles. The molecule has 102 valence electrons. The van der Waals surface area contributed by atoms with E-state index in [0.29, 0.717) is 5.92 Å². The molecule has 0 aromatic heterocycles. The van der Waals surface area contributed by atoms with E-state index in [-0.39, 0.29) is 6.09 Å². The number of rotatable bonds is 6. The van der Waals surface area contributed by atoms with Gasteiger partial charge in [0.15, 0.2) is 0 Å². The molecule has 0 aromatic carbocycles. The zero-order valence-electron chi connectivity index (χ0n) is 12.2. The highest BCUT2D eigenvalue weighted by Gasteiger charge is 2.22. The molecule has 0 bridgehead atoms. The molecule has 0 heterocycles. The zero-order chi connectivity index (χ0) is 13.5. The van der Waals surface area contributed by atoms with Gasteiger partial charge in [-0.05, 0) is 46.7 Å². The lowest BCUT2D eigenvalue weighted by Crippen LogP contribution is -2.40. The summed E-state index contributed by atoms with van der Waals surface area (Å²) in [6.45, 7) is 12.3. The van der Waals surface area contributed by atoms with Crippen molar-refractivity contribution in [3.05, 3.63) is 0 Å². The van der Waals surface area contributed by atoms with Gasteiger partial charge in [-0.25, -0.2) is 4.79 Å². The maximum Gasteiger partial charge on any atom is 0.410 e. The van der Waals surface area contributed by atoms with Gasteiger partial charge in [-0.2, -0.15) is 0 Å². The Balaban J connectivity index is 4.29. The largest absolute Gasteiger partial charge is 0.444 e. The quantitative estimate of drug-likeness (QED) is 0.730. The van der Waals surface area contributed by atoms with Crippen molar-refractivity contribution in [3.8, 4) is 0 Å². The summed E-state index contributed by atoms with van der Waals surface area (Å²) in [6.07, 6.45) is 0.741. The topological polar surface area (TPSA) is 41.6 Å². The summed E-state index contributed by atoms with van der Waals surface area (Å²) in [5.41, 5.74) is -0.421. The van der Waals surface area contributed by atoms with Crippen molar-refractivity contribution in [2.24, 2.45) is 5.92 Å². The van der Waals surface area contributed by atoms with Crippen LogP contribution in [0.5, 0.6) is 0 Å². The van der Waals surface area contributed by atoms with Crippen LogP contribution in [0.2, 0.25) is 0 Å². The van der Waals surface area contributed by atoms with Gasteiger partial charge < -0.3 is 15.0 Å². The molecule has 0 saturated heterocycles. The molecule has 0 rings (SSSR count). The first kappa shape index (κ1) is 16.2. The summed E-state index contributed by atoms with van der Waals surface area (Å²) in [6, 6.07) is 0. The maximum atomic E-state index is 12.0. The molecular weight excluding hydrogens is 216 g/mol. The third-order valence-electron chi connectivity index (χ3n) is 2.09. The average molecular weight is 244 g/mol. The Labute approximate surface area is 106 Å². The molecule has 1 N–H and O–H groups in total. The number of hydrogen-bond donors (Lipinski definition) is 1. The molecular formula is C13H28N2O2. The molecule has 0 fully saturated rings. The highest BCUT2D eigenvalue weighted by Crippen LogP contribution is 2.11. The van der Waals surface area contributed by atoms with Crippen LogP contribution in [0.3, 0.4) is 0 Å². The Kier molecular flexibility index (Phi) is 7.19. The normalized spacial score (nSPS) is 11.7. The lowest BCUT2D eigenvalue weighted by molar-refractivity contribution is 0.0227. The van der Waals surface area contributed by atoms with Gasteiger partial charge in [-0.15, -0.1) is 0 Å². The molecule has 0 aromatic rings.